The van der Waals surface area contributed by atoms with Gasteiger partial charge in [0.1, 0.15) is 24.3 Å². The fraction of sp³-hybridized carbons (Fsp3) is 0.154. The monoisotopic (exact) mass is 286 g/mol. The molecule has 0 bridgehead atoms. The van der Waals surface area contributed by atoms with Gasteiger partial charge in [-0.1, -0.05) is 6.07 Å². The molecule has 0 radical (unpaired) electrons. The van der Waals surface area contributed by atoms with Crippen molar-refractivity contribution in [3.8, 4) is 0 Å². The van der Waals surface area contributed by atoms with Gasteiger partial charge >= 0.3 is 0 Å². The highest BCUT2D eigenvalue weighted by Gasteiger charge is 2.28. The van der Waals surface area contributed by atoms with Crippen LogP contribution in [-0.4, -0.2) is 45.1 Å². The van der Waals surface area contributed by atoms with E-state index in [2.05, 4.69) is 10.3 Å². The average molecular weight is 286 g/mol. The van der Waals surface area contributed by atoms with Gasteiger partial charge in [-0.3, -0.25) is 28.9 Å². The summed E-state index contributed by atoms with van der Waals surface area (Å²) in [5.41, 5.74) is -0.309. The SMILES string of the molecule is O=C1CN(C(=O)c2cnc3ccccn3c2=O)CC(=O)N1. The third-order valence-electron chi connectivity index (χ3n) is 3.08. The van der Waals surface area contributed by atoms with Gasteiger partial charge in [-0.2, -0.15) is 0 Å². The Morgan fingerprint density at radius 1 is 1.14 bits per heavy atom. The van der Waals surface area contributed by atoms with Crippen LogP contribution in [0.2, 0.25) is 0 Å². The Labute approximate surface area is 118 Å². The fourth-order valence-corrected chi connectivity index (χ4v) is 2.12. The van der Waals surface area contributed by atoms with E-state index in [0.717, 1.165) is 11.1 Å². The molecule has 1 saturated heterocycles. The van der Waals surface area contributed by atoms with Crippen molar-refractivity contribution >= 4 is 23.4 Å². The average Bonchev–Trinajstić information content (AvgIpc) is 2.46. The number of fused-ring (bicyclic) bond motifs is 1. The molecule has 0 aliphatic carbocycles. The molecule has 0 unspecified atom stereocenters. The Morgan fingerprint density at radius 3 is 2.57 bits per heavy atom. The molecule has 1 fully saturated rings. The van der Waals surface area contributed by atoms with Crippen LogP contribution in [-0.2, 0) is 9.59 Å². The molecule has 3 amide bonds. The van der Waals surface area contributed by atoms with Crippen molar-refractivity contribution in [3.05, 3.63) is 46.5 Å². The van der Waals surface area contributed by atoms with Crippen molar-refractivity contribution in [2.75, 3.05) is 13.1 Å². The Bertz CT molecular complexity index is 810. The molecule has 0 spiro atoms. The summed E-state index contributed by atoms with van der Waals surface area (Å²) in [6.07, 6.45) is 2.66. The van der Waals surface area contributed by atoms with E-state index in [1.807, 2.05) is 0 Å². The van der Waals surface area contributed by atoms with Crippen molar-refractivity contribution < 1.29 is 14.4 Å². The zero-order valence-corrected chi connectivity index (χ0v) is 10.8. The number of rotatable bonds is 1. The van der Waals surface area contributed by atoms with Crippen molar-refractivity contribution in [2.45, 2.75) is 0 Å². The molecule has 8 heteroatoms. The van der Waals surface area contributed by atoms with Crippen LogP contribution in [0.1, 0.15) is 10.4 Å². The molecule has 2 aromatic rings. The predicted octanol–water partition coefficient (Wildman–Crippen LogP) is -1.21. The van der Waals surface area contributed by atoms with Crippen molar-refractivity contribution in [2.24, 2.45) is 0 Å². The van der Waals surface area contributed by atoms with Gasteiger partial charge in [-0.05, 0) is 12.1 Å². The van der Waals surface area contributed by atoms with E-state index >= 15 is 0 Å². The second-order valence-electron chi connectivity index (χ2n) is 4.54. The van der Waals surface area contributed by atoms with E-state index < -0.39 is 23.3 Å². The maximum atomic E-state index is 12.3. The lowest BCUT2D eigenvalue weighted by atomic mass is 10.2. The lowest BCUT2D eigenvalue weighted by Crippen LogP contribution is -2.54. The lowest BCUT2D eigenvalue weighted by molar-refractivity contribution is -0.135. The minimum atomic E-state index is -0.686. The molecular weight excluding hydrogens is 276 g/mol. The summed E-state index contributed by atoms with van der Waals surface area (Å²) >= 11 is 0. The van der Waals surface area contributed by atoms with Crippen LogP contribution in [0.15, 0.2) is 35.4 Å². The Morgan fingerprint density at radius 2 is 1.86 bits per heavy atom. The van der Waals surface area contributed by atoms with Gasteiger partial charge < -0.3 is 4.90 Å². The van der Waals surface area contributed by atoms with Crippen molar-refractivity contribution in [1.82, 2.24) is 19.6 Å². The zero-order chi connectivity index (χ0) is 15.0. The molecule has 1 N–H and O–H groups in total. The zero-order valence-electron chi connectivity index (χ0n) is 10.8. The predicted molar refractivity (Wildman–Crippen MR) is 70.5 cm³/mol. The second-order valence-corrected chi connectivity index (χ2v) is 4.54. The van der Waals surface area contributed by atoms with E-state index in [1.54, 1.807) is 18.2 Å². The van der Waals surface area contributed by atoms with Gasteiger partial charge in [0.05, 0.1) is 0 Å². The van der Waals surface area contributed by atoms with Crippen LogP contribution in [0, 0.1) is 0 Å². The number of nitrogens with zero attached hydrogens (tertiary/aromatic N) is 3. The number of carbonyl (C=O) groups excluding carboxylic acids is 3. The molecule has 8 nitrogen and oxygen atoms in total. The molecule has 0 atom stereocenters. The standard InChI is InChI=1S/C13H10N4O4/c18-10-6-16(7-11(19)15-10)12(20)8-5-14-9-3-1-2-4-17(9)13(8)21/h1-5H,6-7H2,(H,15,18,19). The molecule has 1 aliphatic heterocycles. The molecule has 3 rings (SSSR count). The minimum absolute atomic E-state index is 0.179. The van der Waals surface area contributed by atoms with Crippen LogP contribution in [0.4, 0.5) is 0 Å². The molecule has 0 aromatic carbocycles. The van der Waals surface area contributed by atoms with Crippen LogP contribution in [0.5, 0.6) is 0 Å². The van der Waals surface area contributed by atoms with Crippen LogP contribution < -0.4 is 10.9 Å². The van der Waals surface area contributed by atoms with Gasteiger partial charge in [-0.25, -0.2) is 4.98 Å². The third kappa shape index (κ3) is 2.27. The Balaban J connectivity index is 2.02. The van der Waals surface area contributed by atoms with Crippen molar-refractivity contribution in [1.29, 1.82) is 0 Å². The quantitative estimate of drug-likeness (QED) is 0.663. The summed E-state index contributed by atoms with van der Waals surface area (Å²) in [7, 11) is 0. The van der Waals surface area contributed by atoms with Gasteiger partial charge in [0.25, 0.3) is 11.5 Å². The lowest BCUT2D eigenvalue weighted by Gasteiger charge is -2.25. The molecule has 2 aromatic heterocycles. The van der Waals surface area contributed by atoms with Gasteiger partial charge in [0.2, 0.25) is 11.8 Å². The number of hydrogen-bond acceptors (Lipinski definition) is 5. The first-order chi connectivity index (χ1) is 10.1. The number of nitrogens with one attached hydrogen (secondary N) is 1. The molecule has 21 heavy (non-hydrogen) atoms. The number of hydrogen-bond donors (Lipinski definition) is 1. The molecule has 1 aliphatic rings. The van der Waals surface area contributed by atoms with E-state index in [9.17, 15) is 19.2 Å². The smallest absolute Gasteiger partial charge is 0.270 e. The fourth-order valence-electron chi connectivity index (χ4n) is 2.12. The highest BCUT2D eigenvalue weighted by molar-refractivity contribution is 6.05. The molecular formula is C13H10N4O4. The normalized spacial score (nSPS) is 15.1. The number of amides is 3. The number of piperazine rings is 1. The van der Waals surface area contributed by atoms with Gasteiger partial charge in [-0.15, -0.1) is 0 Å². The summed E-state index contributed by atoms with van der Waals surface area (Å²) < 4.78 is 1.24. The maximum Gasteiger partial charge on any atom is 0.270 e. The van der Waals surface area contributed by atoms with Crippen LogP contribution in [0.3, 0.4) is 0 Å². The summed E-state index contributed by atoms with van der Waals surface area (Å²) in [4.78, 5) is 52.2. The maximum absolute atomic E-state index is 12.3. The van der Waals surface area contributed by atoms with E-state index in [4.69, 9.17) is 0 Å². The summed E-state index contributed by atoms with van der Waals surface area (Å²) in [6, 6.07) is 4.99. The molecule has 3 heterocycles. The highest BCUT2D eigenvalue weighted by Crippen LogP contribution is 2.04. The Kier molecular flexibility index (Phi) is 2.98. The number of pyridine rings is 1. The number of imide groups is 1. The first kappa shape index (κ1) is 13.0. The second kappa shape index (κ2) is 4.82. The summed E-state index contributed by atoms with van der Waals surface area (Å²) in [5, 5.41) is 2.09. The summed E-state index contributed by atoms with van der Waals surface area (Å²) in [5.74, 6) is -1.84. The Hall–Kier alpha value is -3.03. The molecule has 0 saturated carbocycles. The van der Waals surface area contributed by atoms with E-state index in [0.29, 0.717) is 5.65 Å². The van der Waals surface area contributed by atoms with Crippen LogP contribution in [0.25, 0.3) is 5.65 Å². The van der Waals surface area contributed by atoms with Crippen LogP contribution >= 0.6 is 0 Å². The highest BCUT2D eigenvalue weighted by atomic mass is 16.2. The van der Waals surface area contributed by atoms with Crippen molar-refractivity contribution in [3.63, 3.8) is 0 Å². The minimum Gasteiger partial charge on any atom is -0.320 e. The first-order valence-corrected chi connectivity index (χ1v) is 6.14. The van der Waals surface area contributed by atoms with E-state index in [-0.39, 0.29) is 18.7 Å². The number of carbonyl (C=O) groups is 3. The van der Waals surface area contributed by atoms with Gasteiger partial charge in [0, 0.05) is 12.4 Å². The van der Waals surface area contributed by atoms with Gasteiger partial charge in [0.15, 0.2) is 0 Å². The number of aromatic nitrogens is 2. The first-order valence-electron chi connectivity index (χ1n) is 6.14. The van der Waals surface area contributed by atoms with E-state index in [1.165, 1.54) is 10.6 Å². The topological polar surface area (TPSA) is 101 Å². The largest absolute Gasteiger partial charge is 0.320 e. The third-order valence-corrected chi connectivity index (χ3v) is 3.08. The summed E-state index contributed by atoms with van der Waals surface area (Å²) in [6.45, 7) is -0.525. The molecule has 106 valence electrons.